The fraction of sp³-hybridized carbons (Fsp3) is 0.0909. The highest BCUT2D eigenvalue weighted by Crippen LogP contribution is 2.34. The standard InChI is InChI=1S/C22H15Cl2FN2O/c1-13-10-17(18(12-26)14-6-8-15(23)9-7-14)19(24)11-21(13)27-22(28)16-4-2-3-5-20(16)25/h2-11,18H,1H3,(H,27,28)/t18-/m0/s1. The number of nitrogens with one attached hydrogen (secondary N) is 1. The molecule has 28 heavy (non-hydrogen) atoms. The molecule has 0 fully saturated rings. The van der Waals surface area contributed by atoms with Crippen molar-refractivity contribution in [2.45, 2.75) is 12.8 Å². The van der Waals surface area contributed by atoms with Gasteiger partial charge < -0.3 is 5.32 Å². The number of amides is 1. The summed E-state index contributed by atoms with van der Waals surface area (Å²) >= 11 is 12.3. The molecule has 0 saturated heterocycles. The maximum absolute atomic E-state index is 13.8. The van der Waals surface area contributed by atoms with Gasteiger partial charge in [0, 0.05) is 15.7 Å². The Morgan fingerprint density at radius 1 is 1.11 bits per heavy atom. The van der Waals surface area contributed by atoms with Crippen molar-refractivity contribution in [1.29, 1.82) is 5.26 Å². The minimum absolute atomic E-state index is 0.0573. The lowest BCUT2D eigenvalue weighted by atomic mass is 9.91. The number of rotatable bonds is 4. The Hall–Kier alpha value is -2.87. The zero-order valence-electron chi connectivity index (χ0n) is 14.8. The van der Waals surface area contributed by atoms with Crippen LogP contribution in [0.3, 0.4) is 0 Å². The number of aryl methyl sites for hydroxylation is 1. The molecule has 0 radical (unpaired) electrons. The van der Waals surface area contributed by atoms with Crippen molar-refractivity contribution in [3.63, 3.8) is 0 Å². The first kappa shape index (κ1) is 19.9. The Balaban J connectivity index is 1.92. The van der Waals surface area contributed by atoms with Gasteiger partial charge in [-0.2, -0.15) is 5.26 Å². The molecule has 3 rings (SSSR count). The van der Waals surface area contributed by atoms with Crippen molar-refractivity contribution >= 4 is 34.8 Å². The fourth-order valence-corrected chi connectivity index (χ4v) is 3.27. The summed E-state index contributed by atoms with van der Waals surface area (Å²) in [6, 6.07) is 18.3. The predicted octanol–water partition coefficient (Wildman–Crippen LogP) is 6.35. The van der Waals surface area contributed by atoms with Gasteiger partial charge >= 0.3 is 0 Å². The first-order chi connectivity index (χ1) is 13.4. The third kappa shape index (κ3) is 4.17. The van der Waals surface area contributed by atoms with Gasteiger partial charge in [-0.1, -0.05) is 53.5 Å². The molecular formula is C22H15Cl2FN2O. The summed E-state index contributed by atoms with van der Waals surface area (Å²) in [5, 5.41) is 13.2. The summed E-state index contributed by atoms with van der Waals surface area (Å²) in [6.07, 6.45) is 0. The molecule has 3 aromatic rings. The van der Waals surface area contributed by atoms with Crippen LogP contribution >= 0.6 is 23.2 Å². The largest absolute Gasteiger partial charge is 0.322 e. The molecule has 140 valence electrons. The number of anilines is 1. The van der Waals surface area contributed by atoms with Crippen LogP contribution in [0.2, 0.25) is 10.0 Å². The van der Waals surface area contributed by atoms with Crippen molar-refractivity contribution in [2.24, 2.45) is 0 Å². The second kappa shape index (κ2) is 8.43. The Kier molecular flexibility index (Phi) is 5.99. The summed E-state index contributed by atoms with van der Waals surface area (Å²) in [4.78, 5) is 12.4. The van der Waals surface area contributed by atoms with Gasteiger partial charge in [-0.05, 0) is 53.9 Å². The molecule has 1 amide bonds. The van der Waals surface area contributed by atoms with E-state index in [0.717, 1.165) is 5.56 Å². The Bertz CT molecular complexity index is 1070. The van der Waals surface area contributed by atoms with Crippen molar-refractivity contribution < 1.29 is 9.18 Å². The number of nitrogens with zero attached hydrogens (tertiary/aromatic N) is 1. The van der Waals surface area contributed by atoms with Gasteiger partial charge in [-0.15, -0.1) is 0 Å². The quantitative estimate of drug-likeness (QED) is 0.542. The highest BCUT2D eigenvalue weighted by atomic mass is 35.5. The van der Waals surface area contributed by atoms with Gasteiger partial charge in [0.1, 0.15) is 5.82 Å². The molecule has 0 saturated carbocycles. The number of halogens is 3. The van der Waals surface area contributed by atoms with Gasteiger partial charge in [0.05, 0.1) is 17.6 Å². The fourth-order valence-electron chi connectivity index (χ4n) is 2.87. The highest BCUT2D eigenvalue weighted by Gasteiger charge is 2.19. The van der Waals surface area contributed by atoms with Gasteiger partial charge in [0.25, 0.3) is 5.91 Å². The van der Waals surface area contributed by atoms with E-state index in [1.807, 2.05) is 0 Å². The summed E-state index contributed by atoms with van der Waals surface area (Å²) in [5.41, 5.74) is 2.48. The van der Waals surface area contributed by atoms with Gasteiger partial charge in [0.15, 0.2) is 0 Å². The molecule has 0 heterocycles. The van der Waals surface area contributed by atoms with E-state index in [1.165, 1.54) is 18.2 Å². The Labute approximate surface area is 172 Å². The van der Waals surface area contributed by atoms with Crippen molar-refractivity contribution in [3.8, 4) is 6.07 Å². The number of hydrogen-bond donors (Lipinski definition) is 1. The van der Waals surface area contributed by atoms with Gasteiger partial charge in [-0.3, -0.25) is 4.79 Å². The van der Waals surface area contributed by atoms with Crippen LogP contribution in [0, 0.1) is 24.1 Å². The molecule has 0 aromatic heterocycles. The van der Waals surface area contributed by atoms with Crippen LogP contribution < -0.4 is 5.32 Å². The number of benzene rings is 3. The lowest BCUT2D eigenvalue weighted by Crippen LogP contribution is -2.15. The van der Waals surface area contributed by atoms with E-state index < -0.39 is 17.6 Å². The molecule has 3 nitrogen and oxygen atoms in total. The molecule has 0 aliphatic rings. The summed E-state index contributed by atoms with van der Waals surface area (Å²) in [7, 11) is 0. The molecule has 0 bridgehead atoms. The minimum atomic E-state index is -0.604. The first-order valence-electron chi connectivity index (χ1n) is 8.41. The average molecular weight is 413 g/mol. The molecule has 1 N–H and O–H groups in total. The third-order valence-corrected chi connectivity index (χ3v) is 4.93. The number of carbonyl (C=O) groups is 1. The number of nitriles is 1. The van der Waals surface area contributed by atoms with E-state index in [-0.39, 0.29) is 5.56 Å². The van der Waals surface area contributed by atoms with Gasteiger partial charge in [-0.25, -0.2) is 4.39 Å². The van der Waals surface area contributed by atoms with E-state index >= 15 is 0 Å². The second-order valence-electron chi connectivity index (χ2n) is 6.24. The van der Waals surface area contributed by atoms with E-state index in [0.29, 0.717) is 26.9 Å². The number of hydrogen-bond acceptors (Lipinski definition) is 2. The minimum Gasteiger partial charge on any atom is -0.322 e. The molecule has 3 aromatic carbocycles. The molecular weight excluding hydrogens is 398 g/mol. The second-order valence-corrected chi connectivity index (χ2v) is 7.08. The first-order valence-corrected chi connectivity index (χ1v) is 9.17. The van der Waals surface area contributed by atoms with E-state index in [9.17, 15) is 14.4 Å². The lowest BCUT2D eigenvalue weighted by Gasteiger charge is -2.16. The normalized spacial score (nSPS) is 11.5. The smallest absolute Gasteiger partial charge is 0.258 e. The molecule has 0 unspecified atom stereocenters. The van der Waals surface area contributed by atoms with Crippen LogP contribution in [0.25, 0.3) is 0 Å². The van der Waals surface area contributed by atoms with Crippen molar-refractivity contribution in [2.75, 3.05) is 5.32 Å². The average Bonchev–Trinajstić information content (AvgIpc) is 2.67. The lowest BCUT2D eigenvalue weighted by molar-refractivity contribution is 0.102. The molecule has 0 aliphatic heterocycles. The van der Waals surface area contributed by atoms with Crippen molar-refractivity contribution in [1.82, 2.24) is 0 Å². The highest BCUT2D eigenvalue weighted by molar-refractivity contribution is 6.32. The van der Waals surface area contributed by atoms with Crippen LogP contribution in [-0.2, 0) is 0 Å². The zero-order chi connectivity index (χ0) is 20.3. The zero-order valence-corrected chi connectivity index (χ0v) is 16.4. The third-order valence-electron chi connectivity index (χ3n) is 4.35. The maximum atomic E-state index is 13.8. The monoisotopic (exact) mass is 412 g/mol. The maximum Gasteiger partial charge on any atom is 0.258 e. The predicted molar refractivity (Wildman–Crippen MR) is 109 cm³/mol. The Morgan fingerprint density at radius 3 is 2.43 bits per heavy atom. The van der Waals surface area contributed by atoms with Crippen LogP contribution in [0.15, 0.2) is 60.7 Å². The molecule has 0 spiro atoms. The van der Waals surface area contributed by atoms with E-state index in [4.69, 9.17) is 23.2 Å². The molecule has 1 atom stereocenters. The van der Waals surface area contributed by atoms with Crippen LogP contribution in [0.5, 0.6) is 0 Å². The van der Waals surface area contributed by atoms with E-state index in [2.05, 4.69) is 11.4 Å². The summed E-state index contributed by atoms with van der Waals surface area (Å²) < 4.78 is 13.8. The molecule has 0 aliphatic carbocycles. The Morgan fingerprint density at radius 2 is 1.79 bits per heavy atom. The van der Waals surface area contributed by atoms with Crippen molar-refractivity contribution in [3.05, 3.63) is 98.8 Å². The SMILES string of the molecule is Cc1cc([C@@H](C#N)c2ccc(Cl)cc2)c(Cl)cc1NC(=O)c1ccccc1F. The van der Waals surface area contributed by atoms with Crippen LogP contribution in [-0.4, -0.2) is 5.91 Å². The summed E-state index contributed by atoms with van der Waals surface area (Å²) in [5.74, 6) is -1.76. The van der Waals surface area contributed by atoms with E-state index in [1.54, 1.807) is 49.4 Å². The van der Waals surface area contributed by atoms with Crippen LogP contribution in [0.4, 0.5) is 10.1 Å². The molecule has 6 heteroatoms. The number of carbonyl (C=O) groups excluding carboxylic acids is 1. The van der Waals surface area contributed by atoms with Gasteiger partial charge in [0.2, 0.25) is 0 Å². The summed E-state index contributed by atoms with van der Waals surface area (Å²) in [6.45, 7) is 1.78. The topological polar surface area (TPSA) is 52.9 Å². The van der Waals surface area contributed by atoms with Crippen LogP contribution in [0.1, 0.15) is 33.0 Å².